The van der Waals surface area contributed by atoms with E-state index in [4.69, 9.17) is 11.6 Å². The zero-order valence-electron chi connectivity index (χ0n) is 24.0. The first-order chi connectivity index (χ1) is 20.0. The smallest absolute Gasteiger partial charge is 0.371 e. The molecule has 0 saturated carbocycles. The molecule has 0 aromatic heterocycles. The van der Waals surface area contributed by atoms with Crippen molar-refractivity contribution in [2.45, 2.75) is 69.7 Å². The van der Waals surface area contributed by atoms with E-state index in [2.05, 4.69) is 11.8 Å². The second-order valence-corrected chi connectivity index (χ2v) is 12.3. The minimum absolute atomic E-state index is 0.00289. The van der Waals surface area contributed by atoms with Gasteiger partial charge in [0, 0.05) is 50.0 Å². The third-order valence-corrected chi connectivity index (χ3v) is 9.91. The number of hydrogen-bond donors (Lipinski definition) is 1. The lowest BCUT2D eigenvalue weighted by Crippen LogP contribution is -2.57. The molecule has 0 aliphatic carbocycles. The second kappa shape index (κ2) is 12.4. The highest BCUT2D eigenvalue weighted by molar-refractivity contribution is 6.34. The molecular weight excluding hydrogens is 567 g/mol. The molecule has 228 valence electrons. The van der Waals surface area contributed by atoms with Crippen LogP contribution in [0.25, 0.3) is 0 Å². The minimum atomic E-state index is -5.13. The van der Waals surface area contributed by atoms with Crippen LogP contribution in [0.2, 0.25) is 5.02 Å². The van der Waals surface area contributed by atoms with Crippen molar-refractivity contribution < 1.29 is 27.9 Å². The van der Waals surface area contributed by atoms with E-state index in [1.54, 1.807) is 6.07 Å². The monoisotopic (exact) mass is 605 g/mol. The molecule has 3 heterocycles. The molecule has 0 spiro atoms. The van der Waals surface area contributed by atoms with Gasteiger partial charge in [-0.15, -0.1) is 0 Å². The molecule has 0 bridgehead atoms. The number of carbonyl (C=O) groups excluding carboxylic acids is 2. The molecule has 5 rings (SSSR count). The van der Waals surface area contributed by atoms with Crippen LogP contribution in [0.1, 0.15) is 67.8 Å². The van der Waals surface area contributed by atoms with Crippen molar-refractivity contribution in [3.8, 4) is 0 Å². The molecule has 2 aromatic carbocycles. The maximum absolute atomic E-state index is 14.0. The maximum Gasteiger partial charge on any atom is 0.430 e. The molecule has 3 aliphatic heterocycles. The molecule has 0 radical (unpaired) electrons. The van der Waals surface area contributed by atoms with Gasteiger partial charge >= 0.3 is 6.18 Å². The number of piperidine rings is 2. The number of halogens is 4. The van der Waals surface area contributed by atoms with E-state index < -0.39 is 23.2 Å². The Hall–Kier alpha value is -2.78. The predicted molar refractivity (Wildman–Crippen MR) is 156 cm³/mol. The second-order valence-electron chi connectivity index (χ2n) is 11.9. The van der Waals surface area contributed by atoms with Crippen LogP contribution in [-0.2, 0) is 10.4 Å². The van der Waals surface area contributed by atoms with Crippen LogP contribution >= 0.6 is 11.6 Å². The van der Waals surface area contributed by atoms with Gasteiger partial charge < -0.3 is 19.8 Å². The Balaban J connectivity index is 1.16. The van der Waals surface area contributed by atoms with E-state index in [0.29, 0.717) is 35.3 Å². The number of hydrogen-bond acceptors (Lipinski definition) is 4. The van der Waals surface area contributed by atoms with Gasteiger partial charge in [-0.2, -0.15) is 13.2 Å². The highest BCUT2D eigenvalue weighted by Crippen LogP contribution is 2.42. The molecule has 10 heteroatoms. The van der Waals surface area contributed by atoms with E-state index in [0.717, 1.165) is 69.6 Å². The fraction of sp³-hybridized carbons (Fsp3) is 0.562. The first-order valence-corrected chi connectivity index (χ1v) is 15.4. The van der Waals surface area contributed by atoms with E-state index in [-0.39, 0.29) is 25.0 Å². The van der Waals surface area contributed by atoms with Gasteiger partial charge in [-0.25, -0.2) is 0 Å². The van der Waals surface area contributed by atoms with Crippen molar-refractivity contribution in [2.24, 2.45) is 11.8 Å². The van der Waals surface area contributed by atoms with Crippen LogP contribution < -0.4 is 4.90 Å². The molecule has 2 amide bonds. The molecule has 3 saturated heterocycles. The van der Waals surface area contributed by atoms with Crippen LogP contribution in [0.3, 0.4) is 0 Å². The van der Waals surface area contributed by atoms with Crippen molar-refractivity contribution >= 4 is 29.1 Å². The van der Waals surface area contributed by atoms with Crippen molar-refractivity contribution in [3.63, 3.8) is 0 Å². The third-order valence-electron chi connectivity index (χ3n) is 9.60. The molecule has 2 unspecified atom stereocenters. The maximum atomic E-state index is 14.0. The van der Waals surface area contributed by atoms with Crippen LogP contribution in [-0.4, -0.2) is 71.7 Å². The minimum Gasteiger partial charge on any atom is -0.371 e. The summed E-state index contributed by atoms with van der Waals surface area (Å²) in [6.45, 7) is 4.89. The average molecular weight is 606 g/mol. The lowest BCUT2D eigenvalue weighted by atomic mass is 9.78. The van der Waals surface area contributed by atoms with Crippen molar-refractivity contribution in [1.82, 2.24) is 9.80 Å². The van der Waals surface area contributed by atoms with Crippen LogP contribution in [0.5, 0.6) is 0 Å². The Kier molecular flexibility index (Phi) is 9.09. The summed E-state index contributed by atoms with van der Waals surface area (Å²) in [5, 5.41) is 11.2. The summed E-state index contributed by atoms with van der Waals surface area (Å²) in [7, 11) is 0. The lowest BCUT2D eigenvalue weighted by Gasteiger charge is -2.42. The van der Waals surface area contributed by atoms with Crippen LogP contribution in [0, 0.1) is 11.8 Å². The number of nitrogens with zero attached hydrogens (tertiary/aromatic N) is 3. The molecule has 42 heavy (non-hydrogen) atoms. The quantitative estimate of drug-likeness (QED) is 0.422. The zero-order valence-corrected chi connectivity index (χ0v) is 24.7. The summed E-state index contributed by atoms with van der Waals surface area (Å²) in [5.74, 6) is -0.589. The first kappa shape index (κ1) is 30.7. The molecule has 1 N–H and O–H groups in total. The highest BCUT2D eigenvalue weighted by atomic mass is 35.5. The number of amides is 2. The standard InChI is InChI=1S/C32H39ClF3N3O3/c1-2-25-9-6-16-39(25)29(40)27-11-10-26(21-28(27)33)37-17-12-22(13-18-37)23-14-19-38(20-15-23)30(41)31(42,32(34,35)36)24-7-4-3-5-8-24/h3-5,7-8,10-11,21-23,25,42H,2,6,9,12-20H2,1H3. The Morgan fingerprint density at radius 3 is 2.10 bits per heavy atom. The summed E-state index contributed by atoms with van der Waals surface area (Å²) in [4.78, 5) is 31.6. The number of carbonyl (C=O) groups is 2. The molecule has 3 aliphatic rings. The number of benzene rings is 2. The van der Waals surface area contributed by atoms with Gasteiger partial charge in [0.1, 0.15) is 0 Å². The normalized spacial score (nSPS) is 22.3. The fourth-order valence-corrected chi connectivity index (χ4v) is 7.33. The third kappa shape index (κ3) is 5.87. The van der Waals surface area contributed by atoms with Gasteiger partial charge in [-0.3, -0.25) is 9.59 Å². The van der Waals surface area contributed by atoms with E-state index >= 15 is 0 Å². The number of aliphatic hydroxyl groups is 1. The zero-order chi connectivity index (χ0) is 30.1. The molecule has 3 fully saturated rings. The van der Waals surface area contributed by atoms with Gasteiger partial charge in [0.15, 0.2) is 0 Å². The lowest BCUT2D eigenvalue weighted by molar-refractivity contribution is -0.262. The highest BCUT2D eigenvalue weighted by Gasteiger charge is 2.62. The Bertz CT molecular complexity index is 1260. The summed E-state index contributed by atoms with van der Waals surface area (Å²) in [6, 6.07) is 12.5. The number of alkyl halides is 3. The molecule has 2 atom stereocenters. The number of rotatable bonds is 6. The van der Waals surface area contributed by atoms with Gasteiger partial charge in [-0.1, -0.05) is 48.9 Å². The number of likely N-dealkylation sites (tertiary alicyclic amines) is 2. The summed E-state index contributed by atoms with van der Waals surface area (Å²) in [5.41, 5.74) is -2.49. The first-order valence-electron chi connectivity index (χ1n) is 15.0. The van der Waals surface area contributed by atoms with Crippen LogP contribution in [0.4, 0.5) is 18.9 Å². The average Bonchev–Trinajstić information content (AvgIpc) is 3.49. The van der Waals surface area contributed by atoms with Crippen molar-refractivity contribution in [1.29, 1.82) is 0 Å². The van der Waals surface area contributed by atoms with E-state index in [1.807, 2.05) is 23.1 Å². The van der Waals surface area contributed by atoms with Gasteiger partial charge in [0.2, 0.25) is 0 Å². The summed E-state index contributed by atoms with van der Waals surface area (Å²) in [6.07, 6.45) is 0.941. The summed E-state index contributed by atoms with van der Waals surface area (Å²) >= 11 is 6.61. The van der Waals surface area contributed by atoms with E-state index in [9.17, 15) is 27.9 Å². The van der Waals surface area contributed by atoms with E-state index in [1.165, 1.54) is 17.0 Å². The molecule has 6 nitrogen and oxygen atoms in total. The number of anilines is 1. The van der Waals surface area contributed by atoms with Gasteiger partial charge in [-0.05, 0) is 75.0 Å². The SMILES string of the molecule is CCC1CCCN1C(=O)c1ccc(N2CCC(C3CCN(C(=O)C(O)(c4ccccc4)C(F)(F)F)CC3)CC2)cc1Cl. The van der Waals surface area contributed by atoms with Crippen molar-refractivity contribution in [3.05, 3.63) is 64.7 Å². The Labute approximate surface area is 250 Å². The van der Waals surface area contributed by atoms with Gasteiger partial charge in [0.25, 0.3) is 17.4 Å². The Morgan fingerprint density at radius 2 is 1.52 bits per heavy atom. The van der Waals surface area contributed by atoms with Crippen molar-refractivity contribution in [2.75, 3.05) is 37.6 Å². The fourth-order valence-electron chi connectivity index (χ4n) is 7.08. The topological polar surface area (TPSA) is 64.1 Å². The molecule has 2 aromatic rings. The van der Waals surface area contributed by atoms with Crippen LogP contribution in [0.15, 0.2) is 48.5 Å². The van der Waals surface area contributed by atoms with Gasteiger partial charge in [0.05, 0.1) is 10.6 Å². The predicted octanol–water partition coefficient (Wildman–Crippen LogP) is 6.26. The Morgan fingerprint density at radius 1 is 0.905 bits per heavy atom. The molecular formula is C32H39ClF3N3O3. The largest absolute Gasteiger partial charge is 0.430 e. The summed E-state index contributed by atoms with van der Waals surface area (Å²) < 4.78 is 42.0.